The van der Waals surface area contributed by atoms with Crippen LogP contribution in [0.25, 0.3) is 10.9 Å². The quantitative estimate of drug-likeness (QED) is 0.698. The number of hydrogen-bond donors (Lipinski definition) is 2. The summed E-state index contributed by atoms with van der Waals surface area (Å²) in [5.41, 5.74) is 7.29. The molecule has 3 N–H and O–H groups in total. The van der Waals surface area contributed by atoms with Gasteiger partial charge in [-0.1, -0.05) is 13.8 Å². The van der Waals surface area contributed by atoms with Crippen LogP contribution in [-0.2, 0) is 0 Å². The molecular formula is C9H12BrN3. The van der Waals surface area contributed by atoms with E-state index in [0.717, 1.165) is 21.1 Å². The number of anilines is 1. The molecule has 1 aromatic carbocycles. The minimum atomic E-state index is 0.730. The lowest BCUT2D eigenvalue weighted by atomic mass is 10.2. The van der Waals surface area contributed by atoms with E-state index in [1.807, 2.05) is 26.0 Å². The van der Waals surface area contributed by atoms with Gasteiger partial charge in [0.05, 0.1) is 11.7 Å². The maximum absolute atomic E-state index is 5.61. The normalized spacial score (nSPS) is 9.46. The summed E-state index contributed by atoms with van der Waals surface area (Å²) in [6.45, 7) is 4.00. The number of nitrogens with zero attached hydrogens (tertiary/aromatic N) is 1. The van der Waals surface area contributed by atoms with Gasteiger partial charge in [-0.2, -0.15) is 5.10 Å². The molecule has 2 aromatic rings. The maximum Gasteiger partial charge on any atom is 0.0682 e. The van der Waals surface area contributed by atoms with Crippen LogP contribution in [0.15, 0.2) is 22.8 Å². The molecule has 0 atom stereocenters. The second-order valence-electron chi connectivity index (χ2n) is 2.33. The molecule has 0 aliphatic carbocycles. The van der Waals surface area contributed by atoms with Crippen molar-refractivity contribution < 1.29 is 0 Å². The highest BCUT2D eigenvalue weighted by Gasteiger charge is 2.00. The smallest absolute Gasteiger partial charge is 0.0682 e. The summed E-state index contributed by atoms with van der Waals surface area (Å²) in [6.07, 6.45) is 1.76. The largest absolute Gasteiger partial charge is 0.399 e. The maximum atomic E-state index is 5.61. The molecule has 0 unspecified atom stereocenters. The summed E-state index contributed by atoms with van der Waals surface area (Å²) in [4.78, 5) is 0. The lowest BCUT2D eigenvalue weighted by molar-refractivity contribution is 1.12. The molecule has 0 saturated carbocycles. The minimum Gasteiger partial charge on any atom is -0.399 e. The van der Waals surface area contributed by atoms with Crippen molar-refractivity contribution in [2.24, 2.45) is 0 Å². The zero-order valence-electron chi connectivity index (χ0n) is 7.63. The SMILES string of the molecule is CC.Nc1cc(Br)c2cn[nH]c2c1. The number of hydrogen-bond acceptors (Lipinski definition) is 2. The lowest BCUT2D eigenvalue weighted by Gasteiger charge is -1.95. The Morgan fingerprint density at radius 1 is 1.38 bits per heavy atom. The highest BCUT2D eigenvalue weighted by molar-refractivity contribution is 9.10. The summed E-state index contributed by atoms with van der Waals surface area (Å²) >= 11 is 3.39. The fourth-order valence-corrected chi connectivity index (χ4v) is 1.61. The number of aromatic nitrogens is 2. The average Bonchev–Trinajstić information content (AvgIpc) is 2.55. The molecule has 0 spiro atoms. The predicted molar refractivity (Wildman–Crippen MR) is 59.6 cm³/mol. The third-order valence-corrected chi connectivity index (χ3v) is 2.19. The number of benzene rings is 1. The second kappa shape index (κ2) is 4.28. The van der Waals surface area contributed by atoms with Crippen LogP contribution in [0.5, 0.6) is 0 Å². The van der Waals surface area contributed by atoms with Gasteiger partial charge < -0.3 is 5.73 Å². The van der Waals surface area contributed by atoms with E-state index in [1.165, 1.54) is 0 Å². The Kier molecular flexibility index (Phi) is 3.31. The first-order valence-corrected chi connectivity index (χ1v) is 4.95. The number of H-pyrrole nitrogens is 1. The van der Waals surface area contributed by atoms with E-state index in [9.17, 15) is 0 Å². The molecule has 0 radical (unpaired) electrons. The van der Waals surface area contributed by atoms with E-state index in [0.29, 0.717) is 0 Å². The number of nitrogen functional groups attached to an aromatic ring is 1. The van der Waals surface area contributed by atoms with E-state index >= 15 is 0 Å². The highest BCUT2D eigenvalue weighted by Crippen LogP contribution is 2.24. The van der Waals surface area contributed by atoms with Gasteiger partial charge in [0.25, 0.3) is 0 Å². The van der Waals surface area contributed by atoms with Crippen LogP contribution in [0.3, 0.4) is 0 Å². The molecule has 13 heavy (non-hydrogen) atoms. The van der Waals surface area contributed by atoms with Gasteiger partial charge in [-0.25, -0.2) is 0 Å². The zero-order chi connectivity index (χ0) is 9.84. The molecule has 1 heterocycles. The van der Waals surface area contributed by atoms with Gasteiger partial charge in [0, 0.05) is 15.5 Å². The van der Waals surface area contributed by atoms with Crippen LogP contribution in [-0.4, -0.2) is 10.2 Å². The van der Waals surface area contributed by atoms with E-state index in [1.54, 1.807) is 6.20 Å². The number of nitrogens with one attached hydrogen (secondary N) is 1. The third-order valence-electron chi connectivity index (χ3n) is 1.53. The van der Waals surface area contributed by atoms with E-state index in [2.05, 4.69) is 26.1 Å². The summed E-state index contributed by atoms with van der Waals surface area (Å²) in [5.74, 6) is 0. The van der Waals surface area contributed by atoms with Gasteiger partial charge in [-0.3, -0.25) is 5.10 Å². The van der Waals surface area contributed by atoms with Gasteiger partial charge in [-0.15, -0.1) is 0 Å². The van der Waals surface area contributed by atoms with Gasteiger partial charge >= 0.3 is 0 Å². The van der Waals surface area contributed by atoms with Gasteiger partial charge in [0.15, 0.2) is 0 Å². The monoisotopic (exact) mass is 241 g/mol. The molecule has 0 bridgehead atoms. The highest BCUT2D eigenvalue weighted by atomic mass is 79.9. The lowest BCUT2D eigenvalue weighted by Crippen LogP contribution is -1.83. The summed E-state index contributed by atoms with van der Waals surface area (Å²) in [5, 5.41) is 7.79. The van der Waals surface area contributed by atoms with Crippen molar-refractivity contribution in [3.05, 3.63) is 22.8 Å². The number of rotatable bonds is 0. The van der Waals surface area contributed by atoms with E-state index < -0.39 is 0 Å². The first kappa shape index (κ1) is 10.1. The molecule has 0 amide bonds. The van der Waals surface area contributed by atoms with Crippen molar-refractivity contribution in [2.45, 2.75) is 13.8 Å². The van der Waals surface area contributed by atoms with E-state index in [-0.39, 0.29) is 0 Å². The minimum absolute atomic E-state index is 0.730. The molecule has 3 nitrogen and oxygen atoms in total. The van der Waals surface area contributed by atoms with Crippen molar-refractivity contribution in [3.63, 3.8) is 0 Å². The van der Waals surface area contributed by atoms with Crippen molar-refractivity contribution in [2.75, 3.05) is 5.73 Å². The van der Waals surface area contributed by atoms with Crippen molar-refractivity contribution in [3.8, 4) is 0 Å². The Labute approximate surface area is 85.5 Å². The third kappa shape index (κ3) is 2.01. The summed E-state index contributed by atoms with van der Waals surface area (Å²) in [7, 11) is 0. The van der Waals surface area contributed by atoms with Crippen LogP contribution in [0, 0.1) is 0 Å². The summed E-state index contributed by atoms with van der Waals surface area (Å²) < 4.78 is 0.973. The Bertz CT molecular complexity index is 395. The van der Waals surface area contributed by atoms with Crippen LogP contribution >= 0.6 is 15.9 Å². The molecule has 0 saturated heterocycles. The Hall–Kier alpha value is -1.03. The fourth-order valence-electron chi connectivity index (χ4n) is 1.03. The molecule has 1 aromatic heterocycles. The number of nitrogens with two attached hydrogens (primary N) is 1. The first-order chi connectivity index (χ1) is 6.27. The average molecular weight is 242 g/mol. The van der Waals surface area contributed by atoms with Gasteiger partial charge in [0.1, 0.15) is 0 Å². The molecule has 0 aliphatic heterocycles. The topological polar surface area (TPSA) is 54.7 Å². The van der Waals surface area contributed by atoms with Gasteiger partial charge in [-0.05, 0) is 28.1 Å². The molecule has 70 valence electrons. The fraction of sp³-hybridized carbons (Fsp3) is 0.222. The molecule has 0 aliphatic rings. The van der Waals surface area contributed by atoms with Crippen LogP contribution < -0.4 is 5.73 Å². The Balaban J connectivity index is 0.000000396. The van der Waals surface area contributed by atoms with Crippen LogP contribution in [0.4, 0.5) is 5.69 Å². The molecular weight excluding hydrogens is 230 g/mol. The Morgan fingerprint density at radius 3 is 2.77 bits per heavy atom. The number of fused-ring (bicyclic) bond motifs is 1. The van der Waals surface area contributed by atoms with Gasteiger partial charge in [0.2, 0.25) is 0 Å². The number of aromatic amines is 1. The standard InChI is InChI=1S/C7H6BrN3.C2H6/c8-6-1-4(9)2-7-5(6)3-10-11-7;1-2/h1-3H,9H2,(H,10,11);1-2H3. The molecule has 4 heteroatoms. The number of halogens is 1. The van der Waals surface area contributed by atoms with E-state index in [4.69, 9.17) is 5.73 Å². The first-order valence-electron chi connectivity index (χ1n) is 4.15. The van der Waals surface area contributed by atoms with Crippen molar-refractivity contribution >= 4 is 32.5 Å². The summed E-state index contributed by atoms with van der Waals surface area (Å²) in [6, 6.07) is 3.71. The van der Waals surface area contributed by atoms with Crippen molar-refractivity contribution in [1.29, 1.82) is 0 Å². The van der Waals surface area contributed by atoms with Crippen molar-refractivity contribution in [1.82, 2.24) is 10.2 Å². The predicted octanol–water partition coefficient (Wildman–Crippen LogP) is 2.93. The van der Waals surface area contributed by atoms with Crippen LogP contribution in [0.1, 0.15) is 13.8 Å². The molecule has 0 fully saturated rings. The Morgan fingerprint density at radius 2 is 2.08 bits per heavy atom. The molecule has 2 rings (SSSR count). The second-order valence-corrected chi connectivity index (χ2v) is 3.19. The van der Waals surface area contributed by atoms with Crippen LogP contribution in [0.2, 0.25) is 0 Å². The zero-order valence-corrected chi connectivity index (χ0v) is 9.22.